The lowest BCUT2D eigenvalue weighted by Crippen LogP contribution is -2.58. The predicted octanol–water partition coefficient (Wildman–Crippen LogP) is 7.27. The van der Waals surface area contributed by atoms with Crippen molar-refractivity contribution in [3.63, 3.8) is 0 Å². The maximum atomic E-state index is 14.8. The van der Waals surface area contributed by atoms with Crippen LogP contribution in [0.15, 0.2) is 52.5 Å². The van der Waals surface area contributed by atoms with Crippen LogP contribution < -0.4 is 14.8 Å². The Morgan fingerprint density at radius 1 is 0.928 bits per heavy atom. The Hall–Kier alpha value is -5.76. The van der Waals surface area contributed by atoms with Crippen molar-refractivity contribution in [1.29, 1.82) is 0 Å². The van der Waals surface area contributed by atoms with E-state index in [1.807, 2.05) is 24.4 Å². The number of piperidine rings is 1. The Kier molecular flexibility index (Phi) is 14.5. The highest BCUT2D eigenvalue weighted by molar-refractivity contribution is 7.17. The highest BCUT2D eigenvalue weighted by Crippen LogP contribution is 2.38. The minimum atomic E-state index is -2.81. The molecule has 0 radical (unpaired) electrons. The predicted molar refractivity (Wildman–Crippen MR) is 248 cm³/mol. The third kappa shape index (κ3) is 10.9. The Bertz CT molecular complexity index is 2650. The largest absolute Gasteiger partial charge is 0.489 e. The molecule has 4 aliphatic rings. The fraction of sp³-hybridized carbons (Fsp3) is 0.551. The number of likely N-dealkylation sites (tertiary alicyclic amines) is 2. The number of benzene rings is 1. The number of alkyl halides is 2. The number of halogens is 4. The number of nitrogens with zero attached hydrogens (tertiary/aromatic N) is 7. The number of nitrogens with one attached hydrogen (secondary N) is 1. The van der Waals surface area contributed by atoms with Gasteiger partial charge in [-0.3, -0.25) is 29.1 Å². The standard InChI is InChI=1S/C49H58F4N8O7S/c1-3-30(2)46(63)55-44(31-6-12-49(52,53)13-7-31)48(65)59-20-18-58(19-21-59)47(64)40-24-32-23-36(50)37(51)26-39(32)61(40)28-43(62)60-15-4-5-33(60)29-66-42-25-35(68-56-42)27-57-16-9-34(10-17-57)67-41-8-14-54-38-11-22-69-45(38)41/h8,11,14,22-26,30-31,33-34,44H,3-7,9-10,12-13,15-21,27-29H2,1-2H3,(H,55,63)/t30-,33+,44+/m1/s1. The van der Waals surface area contributed by atoms with Gasteiger partial charge in [-0.1, -0.05) is 13.8 Å². The zero-order valence-electron chi connectivity index (χ0n) is 38.8. The monoisotopic (exact) mass is 978 g/mol. The number of hydrogen-bond donors (Lipinski definition) is 1. The number of rotatable bonds is 15. The minimum absolute atomic E-state index is 0.0531. The first-order valence-corrected chi connectivity index (χ1v) is 24.9. The van der Waals surface area contributed by atoms with E-state index in [0.717, 1.165) is 54.0 Å². The van der Waals surface area contributed by atoms with Gasteiger partial charge in [0.25, 0.3) is 11.8 Å². The van der Waals surface area contributed by atoms with E-state index in [2.05, 4.69) is 20.4 Å². The second-order valence-corrected chi connectivity index (χ2v) is 19.8. The van der Waals surface area contributed by atoms with Gasteiger partial charge < -0.3 is 38.6 Å². The molecule has 9 rings (SSSR count). The van der Waals surface area contributed by atoms with E-state index in [9.17, 15) is 36.7 Å². The molecule has 7 heterocycles. The van der Waals surface area contributed by atoms with Crippen LogP contribution in [0.1, 0.15) is 87.9 Å². The Balaban J connectivity index is 0.805. The summed E-state index contributed by atoms with van der Waals surface area (Å²) in [5, 5.41) is 9.24. The third-order valence-electron chi connectivity index (χ3n) is 14.4. The first kappa shape index (κ1) is 48.3. The first-order chi connectivity index (χ1) is 33.2. The van der Waals surface area contributed by atoms with Gasteiger partial charge in [0, 0.05) is 88.3 Å². The lowest BCUT2D eigenvalue weighted by molar-refractivity contribution is -0.141. The van der Waals surface area contributed by atoms with Crippen molar-refractivity contribution in [2.75, 3.05) is 52.4 Å². The van der Waals surface area contributed by atoms with Crippen LogP contribution in [0.2, 0.25) is 0 Å². The van der Waals surface area contributed by atoms with Crippen molar-refractivity contribution >= 4 is 56.1 Å². The molecular formula is C49H58F4N8O7S. The van der Waals surface area contributed by atoms with Crippen LogP contribution in [-0.4, -0.2) is 134 Å². The van der Waals surface area contributed by atoms with Crippen molar-refractivity contribution in [3.8, 4) is 11.6 Å². The number of hydrogen-bond acceptors (Lipinski definition) is 11. The number of aromatic nitrogens is 3. The molecule has 3 saturated heterocycles. The van der Waals surface area contributed by atoms with E-state index in [1.165, 1.54) is 15.5 Å². The van der Waals surface area contributed by atoms with Crippen molar-refractivity contribution in [1.82, 2.24) is 39.6 Å². The van der Waals surface area contributed by atoms with Crippen molar-refractivity contribution in [2.45, 2.75) is 109 Å². The summed E-state index contributed by atoms with van der Waals surface area (Å²) in [6.07, 6.45) is 4.94. The molecular weight excluding hydrogens is 921 g/mol. The molecule has 1 N–H and O–H groups in total. The first-order valence-electron chi connectivity index (χ1n) is 24.1. The number of carbonyl (C=O) groups is 4. The average molecular weight is 979 g/mol. The Morgan fingerprint density at radius 2 is 1.67 bits per heavy atom. The summed E-state index contributed by atoms with van der Waals surface area (Å²) < 4.78 is 78.1. The molecule has 1 aromatic carbocycles. The molecule has 69 heavy (non-hydrogen) atoms. The molecule has 370 valence electrons. The van der Waals surface area contributed by atoms with E-state index in [0.29, 0.717) is 44.0 Å². The summed E-state index contributed by atoms with van der Waals surface area (Å²) >= 11 is 1.62. The van der Waals surface area contributed by atoms with Crippen LogP contribution in [0, 0.1) is 23.5 Å². The molecule has 3 atom stereocenters. The Labute approximate surface area is 401 Å². The van der Waals surface area contributed by atoms with Crippen molar-refractivity contribution < 1.29 is 50.7 Å². The summed E-state index contributed by atoms with van der Waals surface area (Å²) in [5.74, 6) is -5.59. The maximum Gasteiger partial charge on any atom is 0.270 e. The van der Waals surface area contributed by atoms with Crippen LogP contribution >= 0.6 is 11.3 Å². The molecule has 4 fully saturated rings. The average Bonchev–Trinajstić information content (AvgIpc) is 4.19. The molecule has 4 amide bonds. The number of piperazine rings is 1. The highest BCUT2D eigenvalue weighted by atomic mass is 32.1. The Morgan fingerprint density at radius 3 is 2.42 bits per heavy atom. The summed E-state index contributed by atoms with van der Waals surface area (Å²) in [7, 11) is 0. The van der Waals surface area contributed by atoms with Crippen LogP contribution in [-0.2, 0) is 27.5 Å². The molecule has 20 heteroatoms. The minimum Gasteiger partial charge on any atom is -0.489 e. The molecule has 5 aromatic rings. The van der Waals surface area contributed by atoms with Gasteiger partial charge in [0.1, 0.15) is 36.7 Å². The fourth-order valence-electron chi connectivity index (χ4n) is 10.1. The van der Waals surface area contributed by atoms with Gasteiger partial charge in [0.2, 0.25) is 23.6 Å². The lowest BCUT2D eigenvalue weighted by atomic mass is 9.81. The van der Waals surface area contributed by atoms with Crippen molar-refractivity contribution in [3.05, 3.63) is 71.1 Å². The molecule has 0 unspecified atom stereocenters. The number of ether oxygens (including phenoxy) is 2. The van der Waals surface area contributed by atoms with Crippen molar-refractivity contribution in [2.24, 2.45) is 11.8 Å². The second kappa shape index (κ2) is 20.7. The summed E-state index contributed by atoms with van der Waals surface area (Å²) in [4.78, 5) is 66.9. The summed E-state index contributed by atoms with van der Waals surface area (Å²) in [5.41, 5.74) is 1.16. The zero-order chi connectivity index (χ0) is 48.4. The van der Waals surface area contributed by atoms with Gasteiger partial charge in [0.05, 0.1) is 28.3 Å². The molecule has 3 aliphatic heterocycles. The smallest absolute Gasteiger partial charge is 0.270 e. The van der Waals surface area contributed by atoms with Gasteiger partial charge in [0.15, 0.2) is 17.4 Å². The normalized spacial score (nSPS) is 20.4. The number of fused-ring (bicyclic) bond motifs is 2. The van der Waals surface area contributed by atoms with Gasteiger partial charge in [-0.2, -0.15) is 0 Å². The van der Waals surface area contributed by atoms with Gasteiger partial charge in [-0.25, -0.2) is 17.6 Å². The van der Waals surface area contributed by atoms with Crippen LogP contribution in [0.5, 0.6) is 11.6 Å². The SMILES string of the molecule is CC[C@@H](C)C(=O)N[C@H](C(=O)N1CCN(C(=O)c2cc3cc(F)c(F)cc3n2CC(=O)N2CCC[C@H]2COc2cc(CN3CCC(Oc4ccnc5ccsc45)CC3)on2)CC1)C1CCC(F)(F)CC1. The molecule has 1 aliphatic carbocycles. The third-order valence-corrected chi connectivity index (χ3v) is 15.3. The highest BCUT2D eigenvalue weighted by Gasteiger charge is 2.42. The lowest BCUT2D eigenvalue weighted by Gasteiger charge is -2.40. The molecule has 0 bridgehead atoms. The van der Waals surface area contributed by atoms with E-state index >= 15 is 0 Å². The van der Waals surface area contributed by atoms with Crippen LogP contribution in [0.3, 0.4) is 0 Å². The number of amides is 4. The van der Waals surface area contributed by atoms with E-state index in [1.54, 1.807) is 40.3 Å². The quantitative estimate of drug-likeness (QED) is 0.106. The summed E-state index contributed by atoms with van der Waals surface area (Å²) in [6, 6.07) is 7.78. The molecule has 4 aromatic heterocycles. The molecule has 0 spiro atoms. The maximum absolute atomic E-state index is 14.8. The van der Waals surface area contributed by atoms with E-state index < -0.39 is 35.4 Å². The molecule has 15 nitrogen and oxygen atoms in total. The van der Waals surface area contributed by atoms with Gasteiger partial charge in [-0.15, -0.1) is 11.3 Å². The number of pyridine rings is 1. The fourth-order valence-corrected chi connectivity index (χ4v) is 10.9. The number of thiophene rings is 1. The van der Waals surface area contributed by atoms with Gasteiger partial charge in [-0.05, 0) is 85.7 Å². The van der Waals surface area contributed by atoms with Crippen LogP contribution in [0.25, 0.3) is 21.1 Å². The number of carbonyl (C=O) groups excluding carboxylic acids is 4. The second-order valence-electron chi connectivity index (χ2n) is 18.9. The summed E-state index contributed by atoms with van der Waals surface area (Å²) in [6.45, 7) is 6.41. The zero-order valence-corrected chi connectivity index (χ0v) is 39.7. The van der Waals surface area contributed by atoms with E-state index in [-0.39, 0.29) is 117 Å². The molecule has 1 saturated carbocycles. The van der Waals surface area contributed by atoms with E-state index in [4.69, 9.17) is 14.0 Å². The van der Waals surface area contributed by atoms with Gasteiger partial charge >= 0.3 is 0 Å². The van der Waals surface area contributed by atoms with Crippen LogP contribution in [0.4, 0.5) is 17.6 Å². The topological polar surface area (TPSA) is 156 Å².